The topological polar surface area (TPSA) is 61.8 Å². The van der Waals surface area contributed by atoms with E-state index in [2.05, 4.69) is 17.0 Å². The Balaban J connectivity index is 2.25. The Kier molecular flexibility index (Phi) is 3.23. The van der Waals surface area contributed by atoms with Gasteiger partial charge in [-0.15, -0.1) is 0 Å². The fourth-order valence-electron chi connectivity index (χ4n) is 1.67. The molecule has 0 saturated carbocycles. The smallest absolute Gasteiger partial charge is 0.253 e. The van der Waals surface area contributed by atoms with Gasteiger partial charge in [0.15, 0.2) is 0 Å². The second-order valence-corrected chi connectivity index (χ2v) is 3.96. The van der Waals surface area contributed by atoms with Crippen LogP contribution in [0.5, 0.6) is 0 Å². The average molecular weight is 243 g/mol. The van der Waals surface area contributed by atoms with Gasteiger partial charge in [-0.05, 0) is 31.2 Å². The first kappa shape index (κ1) is 12.0. The standard InChI is InChI=1S/C13H13N3O2/c1-3-12(17)14-10-5-4-6-11(8-10)16-13(18)7-9(2)15-16/h3-6,8H,1,7H2,2H3,(H,14,17). The number of carbonyl (C=O) groups excluding carboxylic acids is 2. The molecular formula is C13H13N3O2. The molecule has 2 rings (SSSR count). The highest BCUT2D eigenvalue weighted by Crippen LogP contribution is 2.23. The van der Waals surface area contributed by atoms with Gasteiger partial charge in [0.05, 0.1) is 12.1 Å². The zero-order valence-corrected chi connectivity index (χ0v) is 10.0. The Hall–Kier alpha value is -2.43. The molecule has 1 aromatic rings. The summed E-state index contributed by atoms with van der Waals surface area (Å²) < 4.78 is 0. The first-order valence-corrected chi connectivity index (χ1v) is 5.50. The van der Waals surface area contributed by atoms with Crippen molar-refractivity contribution in [1.82, 2.24) is 0 Å². The van der Waals surface area contributed by atoms with Crippen molar-refractivity contribution in [2.45, 2.75) is 13.3 Å². The molecule has 5 nitrogen and oxygen atoms in total. The summed E-state index contributed by atoms with van der Waals surface area (Å²) in [5.41, 5.74) is 2.02. The van der Waals surface area contributed by atoms with Crippen molar-refractivity contribution < 1.29 is 9.59 Å². The SMILES string of the molecule is C=CC(=O)Nc1cccc(N2N=C(C)CC2=O)c1. The molecule has 0 radical (unpaired) electrons. The molecule has 0 atom stereocenters. The third kappa shape index (κ3) is 2.45. The zero-order valence-electron chi connectivity index (χ0n) is 10.0. The maximum atomic E-state index is 11.7. The largest absolute Gasteiger partial charge is 0.322 e. The minimum absolute atomic E-state index is 0.0697. The lowest BCUT2D eigenvalue weighted by Gasteiger charge is -2.13. The van der Waals surface area contributed by atoms with E-state index in [4.69, 9.17) is 0 Å². The number of nitrogens with zero attached hydrogens (tertiary/aromatic N) is 2. The van der Waals surface area contributed by atoms with E-state index in [9.17, 15) is 9.59 Å². The second kappa shape index (κ2) is 4.83. The van der Waals surface area contributed by atoms with Crippen molar-refractivity contribution in [3.8, 4) is 0 Å². The molecule has 1 aliphatic rings. The minimum Gasteiger partial charge on any atom is -0.322 e. The van der Waals surface area contributed by atoms with E-state index in [0.29, 0.717) is 17.8 Å². The number of hydrazone groups is 1. The zero-order chi connectivity index (χ0) is 13.1. The second-order valence-electron chi connectivity index (χ2n) is 3.96. The number of nitrogens with one attached hydrogen (secondary N) is 1. The number of rotatable bonds is 3. The molecule has 5 heteroatoms. The highest BCUT2D eigenvalue weighted by Gasteiger charge is 2.22. The van der Waals surface area contributed by atoms with E-state index in [1.165, 1.54) is 11.1 Å². The summed E-state index contributed by atoms with van der Waals surface area (Å²) >= 11 is 0. The van der Waals surface area contributed by atoms with Crippen LogP contribution in [-0.2, 0) is 9.59 Å². The maximum absolute atomic E-state index is 11.7. The monoisotopic (exact) mass is 243 g/mol. The van der Waals surface area contributed by atoms with E-state index in [1.807, 2.05) is 0 Å². The lowest BCUT2D eigenvalue weighted by molar-refractivity contribution is -0.117. The Morgan fingerprint density at radius 2 is 2.33 bits per heavy atom. The van der Waals surface area contributed by atoms with Gasteiger partial charge in [-0.2, -0.15) is 5.10 Å². The lowest BCUT2D eigenvalue weighted by atomic mass is 10.2. The van der Waals surface area contributed by atoms with E-state index in [1.54, 1.807) is 31.2 Å². The third-order valence-corrected chi connectivity index (χ3v) is 2.46. The van der Waals surface area contributed by atoms with Crippen LogP contribution in [0.4, 0.5) is 11.4 Å². The van der Waals surface area contributed by atoms with Gasteiger partial charge in [-0.3, -0.25) is 9.59 Å². The number of carbonyl (C=O) groups is 2. The van der Waals surface area contributed by atoms with Crippen molar-refractivity contribution in [1.29, 1.82) is 0 Å². The predicted octanol–water partition coefficient (Wildman–Crippen LogP) is 1.92. The van der Waals surface area contributed by atoms with Gasteiger partial charge in [0.2, 0.25) is 5.91 Å². The van der Waals surface area contributed by atoms with Gasteiger partial charge in [-0.1, -0.05) is 12.6 Å². The van der Waals surface area contributed by atoms with Gasteiger partial charge in [0.1, 0.15) is 0 Å². The fraction of sp³-hybridized carbons (Fsp3) is 0.154. The van der Waals surface area contributed by atoms with Gasteiger partial charge in [0.25, 0.3) is 5.91 Å². The third-order valence-electron chi connectivity index (χ3n) is 2.46. The Bertz CT molecular complexity index is 549. The van der Waals surface area contributed by atoms with Crippen LogP contribution < -0.4 is 10.3 Å². The molecule has 18 heavy (non-hydrogen) atoms. The van der Waals surface area contributed by atoms with Gasteiger partial charge < -0.3 is 5.32 Å². The molecule has 2 amide bonds. The fourth-order valence-corrected chi connectivity index (χ4v) is 1.67. The molecule has 0 spiro atoms. The van der Waals surface area contributed by atoms with E-state index < -0.39 is 0 Å². The van der Waals surface area contributed by atoms with Crippen LogP contribution in [0.15, 0.2) is 42.0 Å². The molecule has 1 aliphatic heterocycles. The Morgan fingerprint density at radius 3 is 2.94 bits per heavy atom. The minimum atomic E-state index is -0.292. The van der Waals surface area contributed by atoms with Gasteiger partial charge >= 0.3 is 0 Å². The quantitative estimate of drug-likeness (QED) is 0.824. The number of amides is 2. The number of benzene rings is 1. The molecule has 92 valence electrons. The molecule has 0 saturated heterocycles. The summed E-state index contributed by atoms with van der Waals surface area (Å²) in [6.07, 6.45) is 1.53. The first-order valence-electron chi connectivity index (χ1n) is 5.50. The van der Waals surface area contributed by atoms with Gasteiger partial charge in [0, 0.05) is 11.4 Å². The van der Waals surface area contributed by atoms with Crippen molar-refractivity contribution in [2.75, 3.05) is 10.3 Å². The average Bonchev–Trinajstić information content (AvgIpc) is 2.68. The Labute approximate surface area is 105 Å². The molecule has 1 aromatic carbocycles. The summed E-state index contributed by atoms with van der Waals surface area (Å²) in [6.45, 7) is 5.19. The molecule has 0 aromatic heterocycles. The molecule has 0 aliphatic carbocycles. The molecular weight excluding hydrogens is 230 g/mol. The summed E-state index contributed by atoms with van der Waals surface area (Å²) in [5.74, 6) is -0.362. The highest BCUT2D eigenvalue weighted by atomic mass is 16.2. The van der Waals surface area contributed by atoms with E-state index in [-0.39, 0.29) is 11.8 Å². The van der Waals surface area contributed by atoms with Crippen LogP contribution in [0.2, 0.25) is 0 Å². The number of hydrogen-bond donors (Lipinski definition) is 1. The molecule has 1 heterocycles. The summed E-state index contributed by atoms with van der Waals surface area (Å²) in [6, 6.07) is 6.96. The van der Waals surface area contributed by atoms with Crippen LogP contribution >= 0.6 is 0 Å². The first-order chi connectivity index (χ1) is 8.60. The van der Waals surface area contributed by atoms with Crippen molar-refractivity contribution in [2.24, 2.45) is 5.10 Å². The summed E-state index contributed by atoms with van der Waals surface area (Å²) in [7, 11) is 0. The molecule has 0 fully saturated rings. The molecule has 0 bridgehead atoms. The lowest BCUT2D eigenvalue weighted by Crippen LogP contribution is -2.19. The van der Waals surface area contributed by atoms with Crippen LogP contribution in [0.1, 0.15) is 13.3 Å². The van der Waals surface area contributed by atoms with E-state index >= 15 is 0 Å². The molecule has 0 unspecified atom stereocenters. The van der Waals surface area contributed by atoms with Crippen LogP contribution in [0, 0.1) is 0 Å². The maximum Gasteiger partial charge on any atom is 0.253 e. The van der Waals surface area contributed by atoms with Crippen LogP contribution in [0.25, 0.3) is 0 Å². The van der Waals surface area contributed by atoms with Gasteiger partial charge in [-0.25, -0.2) is 5.01 Å². The van der Waals surface area contributed by atoms with Crippen molar-refractivity contribution in [3.05, 3.63) is 36.9 Å². The summed E-state index contributed by atoms with van der Waals surface area (Å²) in [5, 5.41) is 8.13. The van der Waals surface area contributed by atoms with E-state index in [0.717, 1.165) is 5.71 Å². The Morgan fingerprint density at radius 1 is 1.56 bits per heavy atom. The van der Waals surface area contributed by atoms with Crippen molar-refractivity contribution >= 4 is 28.9 Å². The van der Waals surface area contributed by atoms with Crippen LogP contribution in [-0.4, -0.2) is 17.5 Å². The van der Waals surface area contributed by atoms with Crippen molar-refractivity contribution in [3.63, 3.8) is 0 Å². The highest BCUT2D eigenvalue weighted by molar-refractivity contribution is 6.12. The number of hydrogen-bond acceptors (Lipinski definition) is 3. The normalized spacial score (nSPS) is 14.4. The molecule has 1 N–H and O–H groups in total. The van der Waals surface area contributed by atoms with Crippen LogP contribution in [0.3, 0.4) is 0 Å². The predicted molar refractivity (Wildman–Crippen MR) is 70.5 cm³/mol. The number of anilines is 2. The summed E-state index contributed by atoms with van der Waals surface area (Å²) in [4.78, 5) is 22.9.